The Morgan fingerprint density at radius 2 is 2.28 bits per heavy atom. The molecule has 0 amide bonds. The summed E-state index contributed by atoms with van der Waals surface area (Å²) in [6.07, 6.45) is 0.978. The van der Waals surface area contributed by atoms with Gasteiger partial charge >= 0.3 is 0 Å². The van der Waals surface area contributed by atoms with E-state index in [1.807, 2.05) is 32.2 Å². The van der Waals surface area contributed by atoms with Crippen molar-refractivity contribution in [3.05, 3.63) is 34.7 Å². The minimum Gasteiger partial charge on any atom is -0.494 e. The van der Waals surface area contributed by atoms with Crippen LogP contribution in [0.4, 0.5) is 0 Å². The Bertz CT molecular complexity index is 496. The van der Waals surface area contributed by atoms with Gasteiger partial charge in [0.25, 0.3) is 0 Å². The first-order valence-electron chi connectivity index (χ1n) is 6.15. The van der Waals surface area contributed by atoms with Gasteiger partial charge in [0.05, 0.1) is 17.3 Å². The number of thiazole rings is 1. The smallest absolute Gasteiger partial charge is 0.119 e. The quantitative estimate of drug-likeness (QED) is 0.869. The summed E-state index contributed by atoms with van der Waals surface area (Å²) in [5.74, 6) is 0.903. The molecule has 0 atom stereocenters. The van der Waals surface area contributed by atoms with Crippen LogP contribution in [-0.2, 0) is 6.42 Å². The van der Waals surface area contributed by atoms with E-state index in [2.05, 4.69) is 21.7 Å². The minimum atomic E-state index is 0.688. The molecule has 0 bridgehead atoms. The summed E-state index contributed by atoms with van der Waals surface area (Å²) in [6, 6.07) is 8.09. The van der Waals surface area contributed by atoms with Crippen LogP contribution in [0.25, 0.3) is 11.3 Å². The fourth-order valence-corrected chi connectivity index (χ4v) is 2.51. The second kappa shape index (κ2) is 6.52. The largest absolute Gasteiger partial charge is 0.494 e. The second-order valence-electron chi connectivity index (χ2n) is 3.94. The number of aromatic nitrogens is 1. The number of hydrogen-bond donors (Lipinski definition) is 1. The lowest BCUT2D eigenvalue weighted by atomic mass is 10.1. The highest BCUT2D eigenvalue weighted by atomic mass is 32.1. The van der Waals surface area contributed by atoms with Gasteiger partial charge in [0, 0.05) is 23.9 Å². The van der Waals surface area contributed by atoms with Crippen LogP contribution in [0.2, 0.25) is 0 Å². The lowest BCUT2D eigenvalue weighted by Crippen LogP contribution is -2.09. The van der Waals surface area contributed by atoms with Crippen LogP contribution in [-0.4, -0.2) is 25.2 Å². The van der Waals surface area contributed by atoms with Crippen LogP contribution < -0.4 is 10.1 Å². The van der Waals surface area contributed by atoms with Gasteiger partial charge in [0.2, 0.25) is 0 Å². The molecule has 0 unspecified atom stereocenters. The Kier molecular flexibility index (Phi) is 4.73. The van der Waals surface area contributed by atoms with Gasteiger partial charge in [0.1, 0.15) is 5.75 Å². The molecule has 3 nitrogen and oxygen atoms in total. The Labute approximate surface area is 112 Å². The van der Waals surface area contributed by atoms with Crippen molar-refractivity contribution in [2.45, 2.75) is 13.3 Å². The van der Waals surface area contributed by atoms with E-state index in [1.165, 1.54) is 5.01 Å². The molecule has 4 heteroatoms. The summed E-state index contributed by atoms with van der Waals surface area (Å²) in [4.78, 5) is 4.64. The first-order valence-corrected chi connectivity index (χ1v) is 7.03. The summed E-state index contributed by atoms with van der Waals surface area (Å²) >= 11 is 1.71. The number of hydrogen-bond acceptors (Lipinski definition) is 4. The third-order valence-electron chi connectivity index (χ3n) is 2.58. The molecule has 2 rings (SSSR count). The van der Waals surface area contributed by atoms with Crippen molar-refractivity contribution in [3.63, 3.8) is 0 Å². The third kappa shape index (κ3) is 3.31. The van der Waals surface area contributed by atoms with Gasteiger partial charge in [-0.05, 0) is 26.1 Å². The first kappa shape index (κ1) is 13.1. The van der Waals surface area contributed by atoms with Gasteiger partial charge in [-0.25, -0.2) is 4.98 Å². The predicted molar refractivity (Wildman–Crippen MR) is 76.3 cm³/mol. The second-order valence-corrected chi connectivity index (χ2v) is 4.88. The Balaban J connectivity index is 2.15. The maximum atomic E-state index is 5.51. The van der Waals surface area contributed by atoms with E-state index in [-0.39, 0.29) is 0 Å². The van der Waals surface area contributed by atoms with Crippen LogP contribution >= 0.6 is 11.3 Å². The molecule has 0 fully saturated rings. The summed E-state index contributed by atoms with van der Waals surface area (Å²) in [5, 5.41) is 6.41. The van der Waals surface area contributed by atoms with E-state index in [4.69, 9.17) is 4.74 Å². The van der Waals surface area contributed by atoms with Gasteiger partial charge in [-0.3, -0.25) is 0 Å². The molecule has 0 aliphatic rings. The number of benzene rings is 1. The summed E-state index contributed by atoms with van der Waals surface area (Å²) in [5.41, 5.74) is 2.15. The normalized spacial score (nSPS) is 10.6. The summed E-state index contributed by atoms with van der Waals surface area (Å²) < 4.78 is 5.51. The standard InChI is InChI=1S/C14H18N2OS/c1-3-17-12-6-4-5-11(9-12)13-10-18-14(16-13)7-8-15-2/h4-6,9-10,15H,3,7-8H2,1-2H3. The monoisotopic (exact) mass is 262 g/mol. The van der Waals surface area contributed by atoms with Crippen molar-refractivity contribution in [2.75, 3.05) is 20.2 Å². The van der Waals surface area contributed by atoms with Crippen molar-refractivity contribution in [1.29, 1.82) is 0 Å². The Morgan fingerprint density at radius 1 is 1.39 bits per heavy atom. The zero-order valence-corrected chi connectivity index (χ0v) is 11.6. The van der Waals surface area contributed by atoms with Gasteiger partial charge < -0.3 is 10.1 Å². The minimum absolute atomic E-state index is 0.688. The molecule has 0 aliphatic carbocycles. The molecule has 1 aromatic carbocycles. The summed E-state index contributed by atoms with van der Waals surface area (Å²) in [6.45, 7) is 3.64. The van der Waals surface area contributed by atoms with E-state index in [1.54, 1.807) is 11.3 Å². The van der Waals surface area contributed by atoms with Gasteiger partial charge in [0.15, 0.2) is 0 Å². The molecular formula is C14H18N2OS. The number of likely N-dealkylation sites (N-methyl/N-ethyl adjacent to an activating group) is 1. The molecule has 0 aliphatic heterocycles. The average molecular weight is 262 g/mol. The van der Waals surface area contributed by atoms with Crippen molar-refractivity contribution in [3.8, 4) is 17.0 Å². The van der Waals surface area contributed by atoms with Crippen molar-refractivity contribution in [1.82, 2.24) is 10.3 Å². The lowest BCUT2D eigenvalue weighted by molar-refractivity contribution is 0.340. The van der Waals surface area contributed by atoms with Crippen molar-refractivity contribution < 1.29 is 4.74 Å². The van der Waals surface area contributed by atoms with Crippen molar-refractivity contribution >= 4 is 11.3 Å². The molecule has 0 saturated carbocycles. The fraction of sp³-hybridized carbons (Fsp3) is 0.357. The molecule has 2 aromatic rings. The average Bonchev–Trinajstić information content (AvgIpc) is 2.86. The van der Waals surface area contributed by atoms with Gasteiger partial charge in [-0.15, -0.1) is 11.3 Å². The van der Waals surface area contributed by atoms with E-state index < -0.39 is 0 Å². The first-order chi connectivity index (χ1) is 8.83. The highest BCUT2D eigenvalue weighted by Crippen LogP contribution is 2.25. The number of ether oxygens (including phenoxy) is 1. The fourth-order valence-electron chi connectivity index (χ4n) is 1.70. The van der Waals surface area contributed by atoms with Crippen molar-refractivity contribution in [2.24, 2.45) is 0 Å². The van der Waals surface area contributed by atoms with Crippen LogP contribution in [0.5, 0.6) is 5.75 Å². The molecule has 0 radical (unpaired) electrons. The maximum absolute atomic E-state index is 5.51. The molecule has 18 heavy (non-hydrogen) atoms. The van der Waals surface area contributed by atoms with Crippen LogP contribution in [0.3, 0.4) is 0 Å². The number of rotatable bonds is 6. The zero-order chi connectivity index (χ0) is 12.8. The molecule has 1 N–H and O–H groups in total. The predicted octanol–water partition coefficient (Wildman–Crippen LogP) is 2.97. The van der Waals surface area contributed by atoms with E-state index in [0.717, 1.165) is 30.0 Å². The zero-order valence-electron chi connectivity index (χ0n) is 10.8. The van der Waals surface area contributed by atoms with Crippen LogP contribution in [0.15, 0.2) is 29.6 Å². The third-order valence-corrected chi connectivity index (χ3v) is 3.49. The van der Waals surface area contributed by atoms with E-state index in [9.17, 15) is 0 Å². The lowest BCUT2D eigenvalue weighted by Gasteiger charge is -2.04. The highest BCUT2D eigenvalue weighted by Gasteiger charge is 2.05. The summed E-state index contributed by atoms with van der Waals surface area (Å²) in [7, 11) is 1.96. The van der Waals surface area contributed by atoms with E-state index >= 15 is 0 Å². The Hall–Kier alpha value is -1.39. The van der Waals surface area contributed by atoms with Crippen LogP contribution in [0, 0.1) is 0 Å². The molecule has 0 spiro atoms. The maximum Gasteiger partial charge on any atom is 0.119 e. The topological polar surface area (TPSA) is 34.1 Å². The Morgan fingerprint density at radius 3 is 3.06 bits per heavy atom. The van der Waals surface area contributed by atoms with Crippen LogP contribution in [0.1, 0.15) is 11.9 Å². The molecule has 96 valence electrons. The number of nitrogens with one attached hydrogen (secondary N) is 1. The number of nitrogens with zero attached hydrogens (tertiary/aromatic N) is 1. The molecule has 0 saturated heterocycles. The molecular weight excluding hydrogens is 244 g/mol. The SMILES string of the molecule is CCOc1cccc(-c2csc(CCNC)n2)c1. The molecule has 1 heterocycles. The van der Waals surface area contributed by atoms with Gasteiger partial charge in [-0.2, -0.15) is 0 Å². The van der Waals surface area contributed by atoms with Gasteiger partial charge in [-0.1, -0.05) is 12.1 Å². The highest BCUT2D eigenvalue weighted by molar-refractivity contribution is 7.09. The molecule has 1 aromatic heterocycles. The van der Waals surface area contributed by atoms with E-state index in [0.29, 0.717) is 6.61 Å².